The monoisotopic (exact) mass is 277 g/mol. The van der Waals surface area contributed by atoms with Crippen molar-refractivity contribution in [3.8, 4) is 17.0 Å². The molecule has 0 saturated carbocycles. The molecule has 0 saturated heterocycles. The lowest BCUT2D eigenvalue weighted by Gasteiger charge is -2.13. The maximum atomic E-state index is 6.21. The summed E-state index contributed by atoms with van der Waals surface area (Å²) in [5.41, 5.74) is 1.53. The number of nitrogens with zero attached hydrogens (tertiary/aromatic N) is 2. The van der Waals surface area contributed by atoms with Crippen LogP contribution in [0.1, 0.15) is 13.3 Å². The molecule has 0 amide bonds. The van der Waals surface area contributed by atoms with Crippen molar-refractivity contribution in [1.29, 1.82) is 0 Å². The Balaban J connectivity index is 2.49. The molecule has 0 atom stereocenters. The van der Waals surface area contributed by atoms with Gasteiger partial charge in [0.1, 0.15) is 12.0 Å². The fourth-order valence-electron chi connectivity index (χ4n) is 1.78. The number of anilines is 1. The average Bonchev–Trinajstić information content (AvgIpc) is 2.45. The number of hydrogen-bond acceptors (Lipinski definition) is 4. The highest BCUT2D eigenvalue weighted by atomic mass is 35.5. The summed E-state index contributed by atoms with van der Waals surface area (Å²) in [6.45, 7) is 2.92. The molecule has 1 aromatic heterocycles. The summed E-state index contributed by atoms with van der Waals surface area (Å²) in [7, 11) is 1.61. The average molecular weight is 278 g/mol. The van der Waals surface area contributed by atoms with E-state index < -0.39 is 0 Å². The van der Waals surface area contributed by atoms with Gasteiger partial charge in [-0.3, -0.25) is 0 Å². The van der Waals surface area contributed by atoms with Gasteiger partial charge in [0.05, 0.1) is 12.1 Å². The first-order chi connectivity index (χ1) is 9.27. The molecule has 0 spiro atoms. The molecular weight excluding hydrogens is 262 g/mol. The normalized spacial score (nSPS) is 10.3. The highest BCUT2D eigenvalue weighted by Crippen LogP contribution is 2.36. The molecule has 4 nitrogen and oxygen atoms in total. The van der Waals surface area contributed by atoms with Gasteiger partial charge in [-0.1, -0.05) is 36.7 Å². The number of rotatable bonds is 5. The van der Waals surface area contributed by atoms with E-state index in [1.807, 2.05) is 24.3 Å². The van der Waals surface area contributed by atoms with E-state index in [2.05, 4.69) is 22.2 Å². The van der Waals surface area contributed by atoms with Gasteiger partial charge in [-0.25, -0.2) is 9.97 Å². The van der Waals surface area contributed by atoms with Crippen LogP contribution in [0, 0.1) is 0 Å². The number of hydrogen-bond donors (Lipinski definition) is 1. The van der Waals surface area contributed by atoms with Gasteiger partial charge in [0.15, 0.2) is 11.6 Å². The topological polar surface area (TPSA) is 47.0 Å². The second-order valence-electron chi connectivity index (χ2n) is 4.01. The first kappa shape index (κ1) is 13.6. The van der Waals surface area contributed by atoms with E-state index in [4.69, 9.17) is 16.3 Å². The lowest BCUT2D eigenvalue weighted by atomic mass is 10.1. The van der Waals surface area contributed by atoms with Crippen LogP contribution in [0.2, 0.25) is 5.02 Å². The molecule has 0 unspecified atom stereocenters. The van der Waals surface area contributed by atoms with Gasteiger partial charge in [0.2, 0.25) is 0 Å². The van der Waals surface area contributed by atoms with Crippen molar-refractivity contribution in [2.24, 2.45) is 0 Å². The molecule has 0 aliphatic heterocycles. The molecule has 1 N–H and O–H groups in total. The van der Waals surface area contributed by atoms with Gasteiger partial charge >= 0.3 is 0 Å². The van der Waals surface area contributed by atoms with Gasteiger partial charge in [-0.05, 0) is 12.5 Å². The third-order valence-electron chi connectivity index (χ3n) is 2.68. The molecule has 2 rings (SSSR count). The fraction of sp³-hybridized carbons (Fsp3) is 0.286. The van der Waals surface area contributed by atoms with Crippen molar-refractivity contribution in [3.63, 3.8) is 0 Å². The van der Waals surface area contributed by atoms with E-state index >= 15 is 0 Å². The largest absolute Gasteiger partial charge is 0.491 e. The molecule has 0 fully saturated rings. The predicted octanol–water partition coefficient (Wildman–Crippen LogP) is 3.63. The standard InChI is InChI=1S/C14H16ClN3O/c1-3-8-16-14-13(19-2)12(17-9-18-14)10-6-4-5-7-11(10)15/h4-7,9H,3,8H2,1-2H3,(H,16,17,18). The number of aromatic nitrogens is 2. The van der Waals surface area contributed by atoms with Crippen molar-refractivity contribution in [2.45, 2.75) is 13.3 Å². The Bertz CT molecular complexity index is 560. The van der Waals surface area contributed by atoms with Gasteiger partial charge in [-0.15, -0.1) is 0 Å². The SMILES string of the molecule is CCCNc1ncnc(-c2ccccc2Cl)c1OC. The van der Waals surface area contributed by atoms with Crippen LogP contribution in [0.5, 0.6) is 5.75 Å². The Morgan fingerprint density at radius 1 is 1.26 bits per heavy atom. The quantitative estimate of drug-likeness (QED) is 0.907. The summed E-state index contributed by atoms with van der Waals surface area (Å²) in [5, 5.41) is 3.86. The first-order valence-corrected chi connectivity index (χ1v) is 6.53. The van der Waals surface area contributed by atoms with E-state index in [0.29, 0.717) is 22.3 Å². The molecule has 19 heavy (non-hydrogen) atoms. The minimum atomic E-state index is 0.615. The molecule has 0 aliphatic rings. The van der Waals surface area contributed by atoms with Crippen molar-refractivity contribution >= 4 is 17.4 Å². The van der Waals surface area contributed by atoms with E-state index in [1.54, 1.807) is 7.11 Å². The number of methoxy groups -OCH3 is 1. The van der Waals surface area contributed by atoms with Gasteiger partial charge in [-0.2, -0.15) is 0 Å². The van der Waals surface area contributed by atoms with Crippen LogP contribution in [0.25, 0.3) is 11.3 Å². The molecule has 1 heterocycles. The van der Waals surface area contributed by atoms with E-state index in [0.717, 1.165) is 18.5 Å². The lowest BCUT2D eigenvalue weighted by Crippen LogP contribution is -2.06. The Morgan fingerprint density at radius 3 is 2.74 bits per heavy atom. The van der Waals surface area contributed by atoms with Crippen molar-refractivity contribution in [1.82, 2.24) is 9.97 Å². The molecule has 0 radical (unpaired) electrons. The zero-order valence-electron chi connectivity index (χ0n) is 11.0. The van der Waals surface area contributed by atoms with Gasteiger partial charge in [0.25, 0.3) is 0 Å². The van der Waals surface area contributed by atoms with Gasteiger partial charge < -0.3 is 10.1 Å². The maximum absolute atomic E-state index is 6.21. The summed E-state index contributed by atoms with van der Waals surface area (Å²) >= 11 is 6.21. The Kier molecular flexibility index (Phi) is 4.58. The summed E-state index contributed by atoms with van der Waals surface area (Å²) in [6.07, 6.45) is 2.52. The Morgan fingerprint density at radius 2 is 2.05 bits per heavy atom. The fourth-order valence-corrected chi connectivity index (χ4v) is 2.01. The van der Waals surface area contributed by atoms with Gasteiger partial charge in [0, 0.05) is 12.1 Å². The number of halogens is 1. The van der Waals surface area contributed by atoms with E-state index in [-0.39, 0.29) is 0 Å². The number of benzene rings is 1. The lowest BCUT2D eigenvalue weighted by molar-refractivity contribution is 0.414. The van der Waals surface area contributed by atoms with E-state index in [9.17, 15) is 0 Å². The second-order valence-corrected chi connectivity index (χ2v) is 4.42. The van der Waals surface area contributed by atoms with Crippen LogP contribution >= 0.6 is 11.6 Å². The van der Waals surface area contributed by atoms with Crippen LogP contribution < -0.4 is 10.1 Å². The second kappa shape index (κ2) is 6.38. The van der Waals surface area contributed by atoms with Crippen LogP contribution in [0.3, 0.4) is 0 Å². The number of ether oxygens (including phenoxy) is 1. The smallest absolute Gasteiger partial charge is 0.187 e. The molecule has 1 aromatic carbocycles. The predicted molar refractivity (Wildman–Crippen MR) is 77.8 cm³/mol. The summed E-state index contributed by atoms with van der Waals surface area (Å²) in [6, 6.07) is 7.55. The first-order valence-electron chi connectivity index (χ1n) is 6.15. The molecule has 2 aromatic rings. The molecule has 0 bridgehead atoms. The minimum Gasteiger partial charge on any atom is -0.491 e. The van der Waals surface area contributed by atoms with E-state index in [1.165, 1.54) is 6.33 Å². The molecule has 0 aliphatic carbocycles. The summed E-state index contributed by atoms with van der Waals surface area (Å²) < 4.78 is 5.44. The third kappa shape index (κ3) is 2.96. The Labute approximate surface area is 117 Å². The van der Waals surface area contributed by atoms with Crippen LogP contribution in [0.15, 0.2) is 30.6 Å². The number of nitrogens with one attached hydrogen (secondary N) is 1. The minimum absolute atomic E-state index is 0.615. The van der Waals surface area contributed by atoms with Crippen LogP contribution in [-0.2, 0) is 0 Å². The maximum Gasteiger partial charge on any atom is 0.187 e. The van der Waals surface area contributed by atoms with Crippen molar-refractivity contribution in [2.75, 3.05) is 19.0 Å². The van der Waals surface area contributed by atoms with Crippen molar-refractivity contribution < 1.29 is 4.74 Å². The van der Waals surface area contributed by atoms with Crippen molar-refractivity contribution in [3.05, 3.63) is 35.6 Å². The highest BCUT2D eigenvalue weighted by Gasteiger charge is 2.15. The Hall–Kier alpha value is -1.81. The van der Waals surface area contributed by atoms with Crippen LogP contribution in [0.4, 0.5) is 5.82 Å². The zero-order chi connectivity index (χ0) is 13.7. The molecule has 5 heteroatoms. The highest BCUT2D eigenvalue weighted by molar-refractivity contribution is 6.33. The molecule has 100 valence electrons. The summed E-state index contributed by atoms with van der Waals surface area (Å²) in [4.78, 5) is 8.50. The zero-order valence-corrected chi connectivity index (χ0v) is 11.7. The molecular formula is C14H16ClN3O. The van der Waals surface area contributed by atoms with Crippen LogP contribution in [-0.4, -0.2) is 23.6 Å². The summed E-state index contributed by atoms with van der Waals surface area (Å²) in [5.74, 6) is 1.30. The third-order valence-corrected chi connectivity index (χ3v) is 3.01.